The molecule has 0 aromatic heterocycles. The van der Waals surface area contributed by atoms with Crippen LogP contribution in [0.1, 0.15) is 43.6 Å². The highest BCUT2D eigenvalue weighted by molar-refractivity contribution is 6.13. The fourth-order valence-electron chi connectivity index (χ4n) is 3.09. The van der Waals surface area contributed by atoms with Crippen LogP contribution in [0.5, 0.6) is 0 Å². The summed E-state index contributed by atoms with van der Waals surface area (Å²) in [7, 11) is 1.58. The van der Waals surface area contributed by atoms with Crippen LogP contribution in [0.25, 0.3) is 0 Å². The number of rotatable bonds is 7. The molecule has 28 heavy (non-hydrogen) atoms. The predicted octanol–water partition coefficient (Wildman–Crippen LogP) is 2.72. The van der Waals surface area contributed by atoms with E-state index in [1.807, 2.05) is 6.07 Å². The lowest BCUT2D eigenvalue weighted by Crippen LogP contribution is -2.28. The number of fused-ring (bicyclic) bond motifs is 1. The first-order valence-electron chi connectivity index (χ1n) is 9.03. The number of methoxy groups -OCH3 is 1. The van der Waals surface area contributed by atoms with Crippen LogP contribution in [0, 0.1) is 0 Å². The Kier molecular flexibility index (Phi) is 6.06. The normalized spacial score (nSPS) is 12.6. The van der Waals surface area contributed by atoms with E-state index in [0.29, 0.717) is 48.7 Å². The van der Waals surface area contributed by atoms with Crippen LogP contribution in [-0.2, 0) is 16.0 Å². The Morgan fingerprint density at radius 3 is 2.57 bits per heavy atom. The van der Waals surface area contributed by atoms with Crippen LogP contribution < -0.4 is 5.32 Å². The second-order valence-corrected chi connectivity index (χ2v) is 6.31. The van der Waals surface area contributed by atoms with E-state index in [1.54, 1.807) is 55.3 Å². The van der Waals surface area contributed by atoms with Crippen molar-refractivity contribution >= 4 is 23.5 Å². The molecule has 1 heterocycles. The number of amides is 2. The lowest BCUT2D eigenvalue weighted by atomic mass is 10.0. The van der Waals surface area contributed by atoms with E-state index >= 15 is 0 Å². The number of nitrogens with zero attached hydrogens (tertiary/aromatic N) is 1. The number of nitrogens with one attached hydrogen (secondary N) is 1. The van der Waals surface area contributed by atoms with Gasteiger partial charge < -0.3 is 19.7 Å². The SMILES string of the molecule is CCOC(=O)c1ccc(NC(=O)c2cccc3c2C(=O)N(CCOC)C3)cc1. The molecule has 146 valence electrons. The molecule has 1 aliphatic heterocycles. The van der Waals surface area contributed by atoms with Crippen LogP contribution in [-0.4, -0.2) is 49.6 Å². The summed E-state index contributed by atoms with van der Waals surface area (Å²) in [5.41, 5.74) is 2.52. The summed E-state index contributed by atoms with van der Waals surface area (Å²) in [5, 5.41) is 2.78. The van der Waals surface area contributed by atoms with Crippen molar-refractivity contribution in [1.82, 2.24) is 4.90 Å². The first kappa shape index (κ1) is 19.6. The monoisotopic (exact) mass is 382 g/mol. The summed E-state index contributed by atoms with van der Waals surface area (Å²) in [4.78, 5) is 38.8. The van der Waals surface area contributed by atoms with Crippen LogP contribution in [0.2, 0.25) is 0 Å². The van der Waals surface area contributed by atoms with Crippen molar-refractivity contribution < 1.29 is 23.9 Å². The highest BCUT2D eigenvalue weighted by atomic mass is 16.5. The Hall–Kier alpha value is -3.19. The Balaban J connectivity index is 1.75. The molecule has 0 fully saturated rings. The number of hydrogen-bond donors (Lipinski definition) is 1. The number of ether oxygens (including phenoxy) is 2. The third-order valence-corrected chi connectivity index (χ3v) is 4.48. The minimum atomic E-state index is -0.414. The summed E-state index contributed by atoms with van der Waals surface area (Å²) < 4.78 is 9.98. The highest BCUT2D eigenvalue weighted by Gasteiger charge is 2.31. The van der Waals surface area contributed by atoms with Gasteiger partial charge in [-0.25, -0.2) is 4.79 Å². The lowest BCUT2D eigenvalue weighted by Gasteiger charge is -2.14. The average molecular weight is 382 g/mol. The largest absolute Gasteiger partial charge is 0.462 e. The van der Waals surface area contributed by atoms with Crippen molar-refractivity contribution in [3.05, 3.63) is 64.7 Å². The Bertz CT molecular complexity index is 892. The van der Waals surface area contributed by atoms with E-state index in [4.69, 9.17) is 9.47 Å². The molecule has 0 saturated carbocycles. The van der Waals surface area contributed by atoms with Gasteiger partial charge in [-0.3, -0.25) is 9.59 Å². The zero-order valence-electron chi connectivity index (χ0n) is 15.9. The zero-order chi connectivity index (χ0) is 20.1. The second kappa shape index (κ2) is 8.67. The van der Waals surface area contributed by atoms with Gasteiger partial charge in [-0.15, -0.1) is 0 Å². The smallest absolute Gasteiger partial charge is 0.338 e. The third kappa shape index (κ3) is 4.04. The Morgan fingerprint density at radius 1 is 1.14 bits per heavy atom. The number of carbonyl (C=O) groups is 3. The van der Waals surface area contributed by atoms with Gasteiger partial charge in [-0.2, -0.15) is 0 Å². The standard InChI is InChI=1S/C21H22N2O5/c1-3-28-21(26)14-7-9-16(10-8-14)22-19(24)17-6-4-5-15-13-23(11-12-27-2)20(25)18(15)17/h4-10H,3,11-13H2,1-2H3,(H,22,24). The highest BCUT2D eigenvalue weighted by Crippen LogP contribution is 2.26. The van der Waals surface area contributed by atoms with E-state index in [9.17, 15) is 14.4 Å². The van der Waals surface area contributed by atoms with Crippen LogP contribution in [0.4, 0.5) is 5.69 Å². The van der Waals surface area contributed by atoms with E-state index in [1.165, 1.54) is 0 Å². The molecule has 2 amide bonds. The molecule has 1 aliphatic rings. The van der Waals surface area contributed by atoms with Crippen molar-refractivity contribution in [2.45, 2.75) is 13.5 Å². The average Bonchev–Trinajstić information content (AvgIpc) is 3.03. The molecule has 3 rings (SSSR count). The Labute approximate surface area is 163 Å². The van der Waals surface area contributed by atoms with Crippen molar-refractivity contribution in [2.24, 2.45) is 0 Å². The topological polar surface area (TPSA) is 84.9 Å². The second-order valence-electron chi connectivity index (χ2n) is 6.31. The van der Waals surface area contributed by atoms with Crippen molar-refractivity contribution in [3.63, 3.8) is 0 Å². The molecule has 0 unspecified atom stereocenters. The molecule has 0 spiro atoms. The van der Waals surface area contributed by atoms with Crippen LogP contribution in [0.15, 0.2) is 42.5 Å². The minimum Gasteiger partial charge on any atom is -0.462 e. The van der Waals surface area contributed by atoms with E-state index < -0.39 is 5.97 Å². The van der Waals surface area contributed by atoms with Gasteiger partial charge in [-0.1, -0.05) is 12.1 Å². The molecule has 7 heteroatoms. The molecule has 0 bridgehead atoms. The van der Waals surface area contributed by atoms with E-state index in [0.717, 1.165) is 5.56 Å². The summed E-state index contributed by atoms with van der Waals surface area (Å²) >= 11 is 0. The molecule has 0 atom stereocenters. The number of carbonyl (C=O) groups excluding carboxylic acids is 3. The fourth-order valence-corrected chi connectivity index (χ4v) is 3.09. The van der Waals surface area contributed by atoms with Crippen molar-refractivity contribution in [2.75, 3.05) is 32.2 Å². The van der Waals surface area contributed by atoms with Gasteiger partial charge in [-0.05, 0) is 42.8 Å². The maximum atomic E-state index is 12.8. The van der Waals surface area contributed by atoms with Crippen LogP contribution >= 0.6 is 0 Å². The molecule has 0 aliphatic carbocycles. The molecule has 0 radical (unpaired) electrons. The van der Waals surface area contributed by atoms with Gasteiger partial charge >= 0.3 is 5.97 Å². The summed E-state index contributed by atoms with van der Waals surface area (Å²) in [6.45, 7) is 3.41. The first-order valence-corrected chi connectivity index (χ1v) is 9.03. The molecule has 1 N–H and O–H groups in total. The maximum Gasteiger partial charge on any atom is 0.338 e. The Morgan fingerprint density at radius 2 is 1.89 bits per heavy atom. The maximum absolute atomic E-state index is 12.8. The third-order valence-electron chi connectivity index (χ3n) is 4.48. The number of hydrogen-bond acceptors (Lipinski definition) is 5. The molecule has 7 nitrogen and oxygen atoms in total. The fraction of sp³-hybridized carbons (Fsp3) is 0.286. The quantitative estimate of drug-likeness (QED) is 0.745. The molecule has 0 saturated heterocycles. The molecule has 2 aromatic carbocycles. The molecular weight excluding hydrogens is 360 g/mol. The van der Waals surface area contributed by atoms with E-state index in [-0.39, 0.29) is 11.8 Å². The summed E-state index contributed by atoms with van der Waals surface area (Å²) in [6.07, 6.45) is 0. The van der Waals surface area contributed by atoms with Gasteiger partial charge in [0.1, 0.15) is 0 Å². The van der Waals surface area contributed by atoms with E-state index in [2.05, 4.69) is 5.32 Å². The molecule has 2 aromatic rings. The number of esters is 1. The summed E-state index contributed by atoms with van der Waals surface area (Å²) in [6, 6.07) is 11.7. The number of anilines is 1. The lowest BCUT2D eigenvalue weighted by molar-refractivity contribution is 0.0526. The van der Waals surface area contributed by atoms with Crippen molar-refractivity contribution in [3.8, 4) is 0 Å². The first-order chi connectivity index (χ1) is 13.5. The van der Waals surface area contributed by atoms with Gasteiger partial charge in [0, 0.05) is 25.9 Å². The summed E-state index contributed by atoms with van der Waals surface area (Å²) in [5.74, 6) is -0.957. The minimum absolute atomic E-state index is 0.171. The molecular formula is C21H22N2O5. The van der Waals surface area contributed by atoms with Gasteiger partial charge in [0.2, 0.25) is 0 Å². The van der Waals surface area contributed by atoms with Gasteiger partial charge in [0.25, 0.3) is 11.8 Å². The van der Waals surface area contributed by atoms with Crippen molar-refractivity contribution in [1.29, 1.82) is 0 Å². The van der Waals surface area contributed by atoms with Gasteiger partial charge in [0.05, 0.1) is 29.9 Å². The predicted molar refractivity (Wildman–Crippen MR) is 103 cm³/mol. The van der Waals surface area contributed by atoms with Gasteiger partial charge in [0.15, 0.2) is 0 Å². The zero-order valence-corrected chi connectivity index (χ0v) is 15.9. The number of benzene rings is 2. The van der Waals surface area contributed by atoms with Crippen LogP contribution in [0.3, 0.4) is 0 Å².